The predicted molar refractivity (Wildman–Crippen MR) is 98.8 cm³/mol. The summed E-state index contributed by atoms with van der Waals surface area (Å²) < 4.78 is 15.8. The lowest BCUT2D eigenvalue weighted by atomic mass is 9.87. The number of anilines is 1. The molecule has 2 N–H and O–H groups in total. The number of benzene rings is 2. The number of carbonyl (C=O) groups is 2. The van der Waals surface area contributed by atoms with Gasteiger partial charge in [0.25, 0.3) is 5.91 Å². The van der Waals surface area contributed by atoms with Crippen LogP contribution >= 0.6 is 0 Å². The molecule has 0 aliphatic carbocycles. The Morgan fingerprint density at radius 1 is 1.11 bits per heavy atom. The van der Waals surface area contributed by atoms with E-state index in [0.717, 1.165) is 5.56 Å². The number of methoxy groups -OCH3 is 3. The van der Waals surface area contributed by atoms with Crippen molar-refractivity contribution in [1.82, 2.24) is 0 Å². The minimum absolute atomic E-state index is 0.242. The largest absolute Gasteiger partial charge is 0.493 e. The monoisotopic (exact) mass is 371 g/mol. The van der Waals surface area contributed by atoms with Gasteiger partial charge in [0, 0.05) is 11.1 Å². The fourth-order valence-electron chi connectivity index (χ4n) is 3.27. The highest BCUT2D eigenvalue weighted by molar-refractivity contribution is 6.10. The van der Waals surface area contributed by atoms with Crippen molar-refractivity contribution in [2.75, 3.05) is 26.6 Å². The first-order valence-corrected chi connectivity index (χ1v) is 8.32. The highest BCUT2D eigenvalue weighted by Gasteiger charge is 2.47. The zero-order valence-corrected chi connectivity index (χ0v) is 15.6. The van der Waals surface area contributed by atoms with Crippen LogP contribution in [0, 0.1) is 6.92 Å². The molecule has 1 amide bonds. The maximum atomic E-state index is 12.9. The first kappa shape index (κ1) is 18.7. The Bertz CT molecular complexity index is 898. The van der Waals surface area contributed by atoms with Gasteiger partial charge in [-0.2, -0.15) is 0 Å². The summed E-state index contributed by atoms with van der Waals surface area (Å²) in [6.45, 7) is 1.83. The SMILES string of the molecule is COc1cc(C(=O)C[C@@]2(O)C(=O)Nc3c(C)cccc32)cc(OC)c1OC. The van der Waals surface area contributed by atoms with E-state index in [2.05, 4.69) is 5.32 Å². The van der Waals surface area contributed by atoms with Crippen LogP contribution in [0.15, 0.2) is 30.3 Å². The zero-order chi connectivity index (χ0) is 19.8. The van der Waals surface area contributed by atoms with Crippen molar-refractivity contribution in [2.24, 2.45) is 0 Å². The van der Waals surface area contributed by atoms with Gasteiger partial charge in [-0.15, -0.1) is 0 Å². The number of Topliss-reactive ketones (excluding diaryl/α,β-unsaturated/α-hetero) is 1. The van der Waals surface area contributed by atoms with Crippen LogP contribution in [0.25, 0.3) is 0 Å². The van der Waals surface area contributed by atoms with Crippen molar-refractivity contribution < 1.29 is 28.9 Å². The smallest absolute Gasteiger partial charge is 0.261 e. The molecule has 27 heavy (non-hydrogen) atoms. The summed E-state index contributed by atoms with van der Waals surface area (Å²) >= 11 is 0. The minimum atomic E-state index is -1.93. The first-order valence-electron chi connectivity index (χ1n) is 8.32. The Balaban J connectivity index is 1.99. The molecule has 1 aliphatic rings. The van der Waals surface area contributed by atoms with Gasteiger partial charge in [0.2, 0.25) is 5.75 Å². The van der Waals surface area contributed by atoms with E-state index in [-0.39, 0.29) is 5.56 Å². The number of fused-ring (bicyclic) bond motifs is 1. The summed E-state index contributed by atoms with van der Waals surface area (Å²) in [6.07, 6.45) is -0.409. The summed E-state index contributed by atoms with van der Waals surface area (Å²) in [5.41, 5.74) is 0.0681. The fourth-order valence-corrected chi connectivity index (χ4v) is 3.27. The van der Waals surface area contributed by atoms with Crippen LogP contribution in [-0.2, 0) is 10.4 Å². The van der Waals surface area contributed by atoms with Gasteiger partial charge in [-0.25, -0.2) is 0 Å². The molecule has 2 aromatic carbocycles. The van der Waals surface area contributed by atoms with Crippen LogP contribution in [0.3, 0.4) is 0 Å². The number of hydrogen-bond acceptors (Lipinski definition) is 6. The van der Waals surface area contributed by atoms with Gasteiger partial charge in [-0.3, -0.25) is 9.59 Å². The number of nitrogens with one attached hydrogen (secondary N) is 1. The molecule has 1 heterocycles. The lowest BCUT2D eigenvalue weighted by Crippen LogP contribution is -2.36. The molecule has 2 aromatic rings. The van der Waals surface area contributed by atoms with E-state index >= 15 is 0 Å². The average molecular weight is 371 g/mol. The Morgan fingerprint density at radius 2 is 1.74 bits per heavy atom. The number of ether oxygens (including phenoxy) is 3. The topological polar surface area (TPSA) is 94.1 Å². The molecule has 0 fully saturated rings. The van der Waals surface area contributed by atoms with E-state index < -0.39 is 23.7 Å². The zero-order valence-electron chi connectivity index (χ0n) is 15.6. The third kappa shape index (κ3) is 3.00. The molecular formula is C20H21NO6. The number of aliphatic hydroxyl groups is 1. The summed E-state index contributed by atoms with van der Waals surface area (Å²) in [6, 6.07) is 8.20. The highest BCUT2D eigenvalue weighted by atomic mass is 16.5. The Kier molecular flexibility index (Phi) is 4.80. The van der Waals surface area contributed by atoms with E-state index in [4.69, 9.17) is 14.2 Å². The molecule has 0 spiro atoms. The van der Waals surface area contributed by atoms with Crippen molar-refractivity contribution in [3.05, 3.63) is 47.0 Å². The second kappa shape index (κ2) is 6.92. The van der Waals surface area contributed by atoms with Gasteiger partial charge in [-0.1, -0.05) is 18.2 Å². The van der Waals surface area contributed by atoms with E-state index in [9.17, 15) is 14.7 Å². The maximum absolute atomic E-state index is 12.9. The summed E-state index contributed by atoms with van der Waals surface area (Å²) in [5, 5.41) is 13.7. The van der Waals surface area contributed by atoms with Gasteiger partial charge in [0.1, 0.15) is 0 Å². The lowest BCUT2D eigenvalue weighted by Gasteiger charge is -2.21. The van der Waals surface area contributed by atoms with E-state index in [1.54, 1.807) is 12.1 Å². The molecule has 7 nitrogen and oxygen atoms in total. The second-order valence-corrected chi connectivity index (χ2v) is 6.33. The van der Waals surface area contributed by atoms with Gasteiger partial charge in [-0.05, 0) is 24.6 Å². The van der Waals surface area contributed by atoms with Crippen LogP contribution < -0.4 is 19.5 Å². The van der Waals surface area contributed by atoms with Crippen molar-refractivity contribution in [3.63, 3.8) is 0 Å². The van der Waals surface area contributed by atoms with Crippen LogP contribution in [0.1, 0.15) is 27.9 Å². The van der Waals surface area contributed by atoms with Gasteiger partial charge in [0.15, 0.2) is 22.9 Å². The van der Waals surface area contributed by atoms with Gasteiger partial charge in [0.05, 0.1) is 33.4 Å². The third-order valence-electron chi connectivity index (χ3n) is 4.74. The molecule has 0 saturated carbocycles. The third-order valence-corrected chi connectivity index (χ3v) is 4.74. The molecule has 142 valence electrons. The van der Waals surface area contributed by atoms with E-state index in [1.807, 2.05) is 13.0 Å². The molecule has 0 saturated heterocycles. The maximum Gasteiger partial charge on any atom is 0.261 e. The van der Waals surface area contributed by atoms with Crippen molar-refractivity contribution in [1.29, 1.82) is 0 Å². The van der Waals surface area contributed by atoms with Crippen LogP contribution in [0.4, 0.5) is 5.69 Å². The average Bonchev–Trinajstić information content (AvgIpc) is 2.92. The molecule has 1 atom stereocenters. The quantitative estimate of drug-likeness (QED) is 0.758. The first-order chi connectivity index (χ1) is 12.8. The Morgan fingerprint density at radius 3 is 2.30 bits per heavy atom. The summed E-state index contributed by atoms with van der Waals surface area (Å²) in [7, 11) is 4.36. The van der Waals surface area contributed by atoms with Gasteiger partial charge < -0.3 is 24.6 Å². The molecule has 0 aromatic heterocycles. The number of ketones is 1. The second-order valence-electron chi connectivity index (χ2n) is 6.33. The number of aryl methyl sites for hydroxylation is 1. The molecule has 0 unspecified atom stereocenters. The number of amides is 1. The molecule has 0 bridgehead atoms. The molecule has 1 aliphatic heterocycles. The van der Waals surface area contributed by atoms with Crippen molar-refractivity contribution >= 4 is 17.4 Å². The predicted octanol–water partition coefficient (Wildman–Crippen LogP) is 2.43. The summed E-state index contributed by atoms with van der Waals surface area (Å²) in [5.74, 6) is -0.0534. The Labute approximate surface area is 156 Å². The fraction of sp³-hybridized carbons (Fsp3) is 0.300. The van der Waals surface area contributed by atoms with Crippen LogP contribution in [0.5, 0.6) is 17.2 Å². The van der Waals surface area contributed by atoms with E-state index in [0.29, 0.717) is 28.5 Å². The summed E-state index contributed by atoms with van der Waals surface area (Å²) in [4.78, 5) is 25.3. The van der Waals surface area contributed by atoms with Crippen molar-refractivity contribution in [3.8, 4) is 17.2 Å². The normalized spacial score (nSPS) is 17.9. The van der Waals surface area contributed by atoms with Crippen molar-refractivity contribution in [2.45, 2.75) is 18.9 Å². The molecular weight excluding hydrogens is 350 g/mol. The number of carbonyl (C=O) groups excluding carboxylic acids is 2. The number of para-hydroxylation sites is 1. The Hall–Kier alpha value is -3.06. The number of hydrogen-bond donors (Lipinski definition) is 2. The standard InChI is InChI=1S/C20H21NO6/c1-11-6-5-7-13-17(11)21-19(23)20(13,24)10-14(22)12-8-15(25-2)18(27-4)16(9-12)26-3/h5-9,24H,10H2,1-4H3,(H,21,23)/t20-/m0/s1. The highest BCUT2D eigenvalue weighted by Crippen LogP contribution is 2.42. The molecule has 3 rings (SSSR count). The van der Waals surface area contributed by atoms with Crippen LogP contribution in [-0.4, -0.2) is 38.1 Å². The number of rotatable bonds is 6. The van der Waals surface area contributed by atoms with Gasteiger partial charge >= 0.3 is 0 Å². The van der Waals surface area contributed by atoms with E-state index in [1.165, 1.54) is 33.5 Å². The lowest BCUT2D eigenvalue weighted by molar-refractivity contribution is -0.133. The molecule has 0 radical (unpaired) electrons. The van der Waals surface area contributed by atoms with Crippen LogP contribution in [0.2, 0.25) is 0 Å². The molecule has 7 heteroatoms. The minimum Gasteiger partial charge on any atom is -0.493 e.